The van der Waals surface area contributed by atoms with Crippen molar-refractivity contribution in [3.05, 3.63) is 30.5 Å². The molecule has 2 heterocycles. The molecular formula is C16H21N3O2S. The molecule has 1 aliphatic rings. The van der Waals surface area contributed by atoms with Crippen LogP contribution in [-0.2, 0) is 4.74 Å². The number of anilines is 1. The summed E-state index contributed by atoms with van der Waals surface area (Å²) in [6.45, 7) is 2.20. The van der Waals surface area contributed by atoms with Crippen molar-refractivity contribution in [1.29, 1.82) is 0 Å². The monoisotopic (exact) mass is 319 g/mol. The summed E-state index contributed by atoms with van der Waals surface area (Å²) < 4.78 is 5.52. The van der Waals surface area contributed by atoms with Crippen LogP contribution in [0.2, 0.25) is 0 Å². The van der Waals surface area contributed by atoms with Crippen molar-refractivity contribution in [1.82, 2.24) is 10.3 Å². The number of ether oxygens (including phenoxy) is 1. The van der Waals surface area contributed by atoms with Gasteiger partial charge in [0.25, 0.3) is 0 Å². The summed E-state index contributed by atoms with van der Waals surface area (Å²) in [5, 5.41) is 6.97. The van der Waals surface area contributed by atoms with Gasteiger partial charge in [0, 0.05) is 41.6 Å². The third-order valence-corrected chi connectivity index (χ3v) is 5.67. The number of aromatic nitrogens is 1. The highest BCUT2D eigenvalue weighted by atomic mass is 32.2. The molecule has 1 aliphatic heterocycles. The molecule has 0 aliphatic carbocycles. The van der Waals surface area contributed by atoms with Crippen LogP contribution < -0.4 is 10.6 Å². The van der Waals surface area contributed by atoms with Gasteiger partial charge in [-0.2, -0.15) is 11.8 Å². The van der Waals surface area contributed by atoms with E-state index in [2.05, 4.69) is 21.9 Å². The molecule has 3 N–H and O–H groups in total. The zero-order chi connectivity index (χ0) is 15.4. The van der Waals surface area contributed by atoms with Crippen LogP contribution in [0.3, 0.4) is 0 Å². The Bertz CT molecular complexity index is 650. The maximum atomic E-state index is 12.2. The number of carbonyl (C=O) groups excluding carboxylic acids is 1. The van der Waals surface area contributed by atoms with E-state index in [9.17, 15) is 4.79 Å². The SMILES string of the molecule is CSC1(CNC(=O)Nc2cccc3[nH]ccc23)CCOCC1. The first-order chi connectivity index (χ1) is 10.7. The summed E-state index contributed by atoms with van der Waals surface area (Å²) >= 11 is 1.82. The lowest BCUT2D eigenvalue weighted by molar-refractivity contribution is 0.0778. The summed E-state index contributed by atoms with van der Waals surface area (Å²) in [4.78, 5) is 15.3. The third kappa shape index (κ3) is 3.23. The molecule has 2 aromatic rings. The first-order valence-corrected chi connectivity index (χ1v) is 8.69. The van der Waals surface area contributed by atoms with Crippen LogP contribution in [0.1, 0.15) is 12.8 Å². The zero-order valence-electron chi connectivity index (χ0n) is 12.6. The average molecular weight is 319 g/mol. The summed E-state index contributed by atoms with van der Waals surface area (Å²) in [5.41, 5.74) is 1.84. The Hall–Kier alpha value is -1.66. The minimum absolute atomic E-state index is 0.0929. The van der Waals surface area contributed by atoms with Gasteiger partial charge < -0.3 is 20.4 Å². The number of benzene rings is 1. The number of carbonyl (C=O) groups is 1. The average Bonchev–Trinajstić information content (AvgIpc) is 3.04. The van der Waals surface area contributed by atoms with E-state index in [1.807, 2.05) is 42.2 Å². The van der Waals surface area contributed by atoms with Gasteiger partial charge in [-0.25, -0.2) is 4.79 Å². The Morgan fingerprint density at radius 1 is 1.36 bits per heavy atom. The molecule has 0 spiro atoms. The molecule has 6 heteroatoms. The molecule has 1 aromatic heterocycles. The molecule has 1 fully saturated rings. The Morgan fingerprint density at radius 2 is 2.18 bits per heavy atom. The van der Waals surface area contributed by atoms with Crippen LogP contribution in [0, 0.1) is 0 Å². The van der Waals surface area contributed by atoms with E-state index < -0.39 is 0 Å². The predicted octanol–water partition coefficient (Wildman–Crippen LogP) is 3.20. The Balaban J connectivity index is 1.61. The molecule has 118 valence electrons. The van der Waals surface area contributed by atoms with E-state index in [0.717, 1.165) is 42.6 Å². The zero-order valence-corrected chi connectivity index (χ0v) is 13.5. The molecule has 5 nitrogen and oxygen atoms in total. The number of hydrogen-bond acceptors (Lipinski definition) is 3. The molecular weight excluding hydrogens is 298 g/mol. The lowest BCUT2D eigenvalue weighted by Crippen LogP contribution is -2.45. The van der Waals surface area contributed by atoms with Crippen LogP contribution >= 0.6 is 11.8 Å². The number of aromatic amines is 1. The highest BCUT2D eigenvalue weighted by Crippen LogP contribution is 2.33. The number of rotatable bonds is 4. The van der Waals surface area contributed by atoms with Gasteiger partial charge in [-0.3, -0.25) is 0 Å². The second-order valence-corrected chi connectivity index (χ2v) is 6.83. The van der Waals surface area contributed by atoms with E-state index in [-0.39, 0.29) is 10.8 Å². The second kappa shape index (κ2) is 6.62. The van der Waals surface area contributed by atoms with Crippen LogP contribution in [0.15, 0.2) is 30.5 Å². The van der Waals surface area contributed by atoms with Gasteiger partial charge in [0.1, 0.15) is 0 Å². The van der Waals surface area contributed by atoms with Gasteiger partial charge in [0.15, 0.2) is 0 Å². The molecule has 22 heavy (non-hydrogen) atoms. The van der Waals surface area contributed by atoms with Crippen molar-refractivity contribution in [2.45, 2.75) is 17.6 Å². The molecule has 1 aromatic carbocycles. The molecule has 0 atom stereocenters. The number of amides is 2. The largest absolute Gasteiger partial charge is 0.381 e. The first-order valence-electron chi connectivity index (χ1n) is 7.46. The van der Waals surface area contributed by atoms with E-state index in [1.54, 1.807) is 0 Å². The number of urea groups is 1. The maximum Gasteiger partial charge on any atom is 0.319 e. The van der Waals surface area contributed by atoms with Crippen molar-refractivity contribution < 1.29 is 9.53 Å². The lowest BCUT2D eigenvalue weighted by atomic mass is 9.99. The number of hydrogen-bond donors (Lipinski definition) is 3. The molecule has 0 radical (unpaired) electrons. The van der Waals surface area contributed by atoms with E-state index >= 15 is 0 Å². The van der Waals surface area contributed by atoms with Gasteiger partial charge in [0.2, 0.25) is 0 Å². The number of H-pyrrole nitrogens is 1. The standard InChI is InChI=1S/C16H21N3O2S/c1-22-16(6-9-21-10-7-16)11-18-15(20)19-14-4-2-3-13-12(14)5-8-17-13/h2-5,8,17H,6-7,9-11H2,1H3,(H2,18,19,20). The number of fused-ring (bicyclic) bond motifs is 1. The molecule has 3 rings (SSSR count). The van der Waals surface area contributed by atoms with Gasteiger partial charge in [-0.05, 0) is 37.3 Å². The van der Waals surface area contributed by atoms with Crippen LogP contribution in [0.4, 0.5) is 10.5 Å². The Labute approximate surface area is 134 Å². The summed E-state index contributed by atoms with van der Waals surface area (Å²) in [7, 11) is 0. The van der Waals surface area contributed by atoms with E-state index in [0.29, 0.717) is 6.54 Å². The van der Waals surface area contributed by atoms with Gasteiger partial charge in [-0.15, -0.1) is 0 Å². The molecule has 0 bridgehead atoms. The Kier molecular flexibility index (Phi) is 4.59. The van der Waals surface area contributed by atoms with Crippen molar-refractivity contribution in [2.75, 3.05) is 31.3 Å². The van der Waals surface area contributed by atoms with Gasteiger partial charge in [0.05, 0.1) is 5.69 Å². The molecule has 2 amide bonds. The summed E-state index contributed by atoms with van der Waals surface area (Å²) in [6, 6.07) is 7.63. The fraction of sp³-hybridized carbons (Fsp3) is 0.438. The molecule has 0 unspecified atom stereocenters. The summed E-state index contributed by atoms with van der Waals surface area (Å²) in [6.07, 6.45) is 5.92. The Morgan fingerprint density at radius 3 is 2.95 bits per heavy atom. The third-order valence-electron chi connectivity index (χ3n) is 4.25. The minimum Gasteiger partial charge on any atom is -0.381 e. The molecule has 1 saturated heterocycles. The van der Waals surface area contributed by atoms with Crippen LogP contribution in [0.25, 0.3) is 10.9 Å². The topological polar surface area (TPSA) is 66.2 Å². The van der Waals surface area contributed by atoms with Crippen molar-refractivity contribution in [3.8, 4) is 0 Å². The van der Waals surface area contributed by atoms with E-state index in [4.69, 9.17) is 4.74 Å². The molecule has 0 saturated carbocycles. The van der Waals surface area contributed by atoms with Crippen molar-refractivity contribution >= 4 is 34.4 Å². The highest BCUT2D eigenvalue weighted by Gasteiger charge is 2.32. The van der Waals surface area contributed by atoms with Crippen LogP contribution in [-0.4, -0.2) is 41.8 Å². The normalized spacial score (nSPS) is 17.3. The van der Waals surface area contributed by atoms with Gasteiger partial charge in [-0.1, -0.05) is 6.07 Å². The summed E-state index contributed by atoms with van der Waals surface area (Å²) in [5.74, 6) is 0. The fourth-order valence-corrected chi connectivity index (χ4v) is 3.59. The quantitative estimate of drug-likeness (QED) is 0.811. The second-order valence-electron chi connectivity index (χ2n) is 5.55. The minimum atomic E-state index is -0.159. The highest BCUT2D eigenvalue weighted by molar-refractivity contribution is 8.00. The predicted molar refractivity (Wildman–Crippen MR) is 91.6 cm³/mol. The fourth-order valence-electron chi connectivity index (χ4n) is 2.80. The van der Waals surface area contributed by atoms with E-state index in [1.165, 1.54) is 0 Å². The lowest BCUT2D eigenvalue weighted by Gasteiger charge is -2.35. The number of thioether (sulfide) groups is 1. The van der Waals surface area contributed by atoms with Crippen molar-refractivity contribution in [3.63, 3.8) is 0 Å². The first kappa shape index (κ1) is 15.2. The maximum absolute atomic E-state index is 12.2. The smallest absolute Gasteiger partial charge is 0.319 e. The van der Waals surface area contributed by atoms with Gasteiger partial charge >= 0.3 is 6.03 Å². The van der Waals surface area contributed by atoms with Crippen molar-refractivity contribution in [2.24, 2.45) is 0 Å². The number of nitrogens with one attached hydrogen (secondary N) is 3. The van der Waals surface area contributed by atoms with Crippen LogP contribution in [0.5, 0.6) is 0 Å².